The molecule has 1 atom stereocenters. The fraction of sp³-hybridized carbons (Fsp3) is 0.667. The maximum atomic E-state index is 2.57. The molecule has 1 heteroatoms. The van der Waals surface area contributed by atoms with Gasteiger partial charge in [-0.15, -0.1) is 9.24 Å². The van der Waals surface area contributed by atoms with Crippen molar-refractivity contribution in [3.63, 3.8) is 0 Å². The Labute approximate surface area is 48.2 Å². The van der Waals surface area contributed by atoms with Gasteiger partial charge in [0.2, 0.25) is 0 Å². The third-order valence-corrected chi connectivity index (χ3v) is 1.13. The molecule has 0 amide bonds. The van der Waals surface area contributed by atoms with Gasteiger partial charge in [-0.25, -0.2) is 0 Å². The number of allylic oxidation sites excluding steroid dienone is 1. The normalized spacial score (nSPS) is 10.6. The van der Waals surface area contributed by atoms with Gasteiger partial charge in [0.1, 0.15) is 0 Å². The van der Waals surface area contributed by atoms with Crippen molar-refractivity contribution >= 4 is 9.24 Å². The van der Waals surface area contributed by atoms with E-state index in [1.54, 1.807) is 0 Å². The largest absolute Gasteiger partial charge is 0.114 e. The van der Waals surface area contributed by atoms with Crippen LogP contribution < -0.4 is 0 Å². The summed E-state index contributed by atoms with van der Waals surface area (Å²) < 4.78 is 0. The molecule has 0 nitrogen and oxygen atoms in total. The van der Waals surface area contributed by atoms with Crippen LogP contribution in [0.4, 0.5) is 0 Å². The summed E-state index contributed by atoms with van der Waals surface area (Å²) in [6, 6.07) is 0. The first-order chi connectivity index (χ1) is 3.41. The highest BCUT2D eigenvalue weighted by Gasteiger charge is 1.73. The van der Waals surface area contributed by atoms with Crippen LogP contribution in [0, 0.1) is 0 Å². The second-order valence-corrected chi connectivity index (χ2v) is 1.96. The smallest absolute Gasteiger partial charge is 0.0347 e. The van der Waals surface area contributed by atoms with Gasteiger partial charge in [0.15, 0.2) is 0 Å². The Morgan fingerprint density at radius 3 is 2.71 bits per heavy atom. The topological polar surface area (TPSA) is 0 Å². The minimum atomic E-state index is 1.24. The maximum Gasteiger partial charge on any atom is -0.0347 e. The summed E-state index contributed by atoms with van der Waals surface area (Å²) in [5, 5.41) is 0. The second kappa shape index (κ2) is 6.17. The number of hydrogen-bond acceptors (Lipinski definition) is 0. The van der Waals surface area contributed by atoms with Crippen molar-refractivity contribution in [2.75, 3.05) is 0 Å². The summed E-state index contributed by atoms with van der Waals surface area (Å²) in [6.07, 6.45) is 6.04. The SMILES string of the molecule is CCCC/C=C\P. The number of rotatable bonds is 3. The minimum Gasteiger partial charge on any atom is -0.114 e. The Hall–Kier alpha value is 0.170. The first-order valence-corrected chi connectivity index (χ1v) is 3.45. The van der Waals surface area contributed by atoms with Crippen LogP contribution in [0.25, 0.3) is 0 Å². The molecule has 0 aromatic carbocycles. The molecule has 0 saturated carbocycles. The van der Waals surface area contributed by atoms with Crippen molar-refractivity contribution in [2.45, 2.75) is 26.2 Å². The first kappa shape index (κ1) is 7.17. The number of hydrogen-bond donors (Lipinski definition) is 0. The van der Waals surface area contributed by atoms with Crippen molar-refractivity contribution in [3.05, 3.63) is 11.9 Å². The molecule has 0 aromatic rings. The fourth-order valence-corrected chi connectivity index (χ4v) is 0.611. The molecule has 7 heavy (non-hydrogen) atoms. The molecule has 0 fully saturated rings. The predicted molar refractivity (Wildman–Crippen MR) is 38.4 cm³/mol. The quantitative estimate of drug-likeness (QED) is 0.392. The summed E-state index contributed by atoms with van der Waals surface area (Å²) in [6.45, 7) is 2.21. The lowest BCUT2D eigenvalue weighted by Crippen LogP contribution is -1.62. The highest BCUT2D eigenvalue weighted by atomic mass is 31.0. The molecule has 0 saturated heterocycles. The zero-order valence-corrected chi connectivity index (χ0v) is 6.01. The minimum absolute atomic E-state index is 1.24. The van der Waals surface area contributed by atoms with Crippen molar-refractivity contribution in [2.24, 2.45) is 0 Å². The number of unbranched alkanes of at least 4 members (excludes halogenated alkanes) is 2. The predicted octanol–water partition coefficient (Wildman–Crippen LogP) is 2.57. The van der Waals surface area contributed by atoms with E-state index in [1.807, 2.05) is 5.82 Å². The van der Waals surface area contributed by atoms with Crippen molar-refractivity contribution in [1.82, 2.24) is 0 Å². The van der Waals surface area contributed by atoms with Crippen LogP contribution in [0.3, 0.4) is 0 Å². The maximum absolute atomic E-state index is 2.57. The zero-order valence-electron chi connectivity index (χ0n) is 4.85. The van der Waals surface area contributed by atoms with Gasteiger partial charge in [-0.1, -0.05) is 31.7 Å². The fourth-order valence-electron chi connectivity index (χ4n) is 0.418. The molecule has 0 bridgehead atoms. The molecule has 0 aromatic heterocycles. The van der Waals surface area contributed by atoms with Gasteiger partial charge in [0.05, 0.1) is 0 Å². The lowest BCUT2D eigenvalue weighted by molar-refractivity contribution is 0.815. The average molecular weight is 116 g/mol. The third-order valence-electron chi connectivity index (χ3n) is 0.860. The van der Waals surface area contributed by atoms with Crippen LogP contribution in [-0.2, 0) is 0 Å². The van der Waals surface area contributed by atoms with E-state index in [0.717, 1.165) is 0 Å². The Morgan fingerprint density at radius 2 is 2.29 bits per heavy atom. The van der Waals surface area contributed by atoms with Crippen molar-refractivity contribution in [3.8, 4) is 0 Å². The van der Waals surface area contributed by atoms with E-state index in [9.17, 15) is 0 Å². The first-order valence-electron chi connectivity index (χ1n) is 2.78. The van der Waals surface area contributed by atoms with Gasteiger partial charge < -0.3 is 0 Å². The molecule has 0 aliphatic rings. The highest BCUT2D eigenvalue weighted by molar-refractivity contribution is 7.20. The molecular weight excluding hydrogens is 103 g/mol. The highest BCUT2D eigenvalue weighted by Crippen LogP contribution is 1.95. The lowest BCUT2D eigenvalue weighted by atomic mass is 10.2. The van der Waals surface area contributed by atoms with E-state index in [2.05, 4.69) is 22.2 Å². The molecule has 0 radical (unpaired) electrons. The standard InChI is InChI=1S/C6H13P/c1-2-3-4-5-6-7/h5-6H,2-4,7H2,1H3/b6-5-. The zero-order chi connectivity index (χ0) is 5.54. The van der Waals surface area contributed by atoms with E-state index >= 15 is 0 Å². The van der Waals surface area contributed by atoms with Crippen molar-refractivity contribution in [1.29, 1.82) is 0 Å². The average Bonchev–Trinajstić information content (AvgIpc) is 1.69. The molecule has 0 rings (SSSR count). The van der Waals surface area contributed by atoms with E-state index in [-0.39, 0.29) is 0 Å². The molecule has 0 N–H and O–H groups in total. The molecule has 0 aliphatic carbocycles. The third kappa shape index (κ3) is 6.17. The van der Waals surface area contributed by atoms with Crippen LogP contribution in [0.15, 0.2) is 11.9 Å². The van der Waals surface area contributed by atoms with Crippen LogP contribution in [0.1, 0.15) is 26.2 Å². The van der Waals surface area contributed by atoms with Gasteiger partial charge in [0.25, 0.3) is 0 Å². The molecule has 0 spiro atoms. The second-order valence-electron chi connectivity index (χ2n) is 1.57. The Kier molecular flexibility index (Phi) is 6.32. The van der Waals surface area contributed by atoms with E-state index < -0.39 is 0 Å². The summed E-state index contributed by atoms with van der Waals surface area (Å²) in [5.74, 6) is 2.02. The summed E-state index contributed by atoms with van der Waals surface area (Å²) in [4.78, 5) is 0. The van der Waals surface area contributed by atoms with E-state index in [1.165, 1.54) is 19.3 Å². The van der Waals surface area contributed by atoms with Crippen LogP contribution in [0.5, 0.6) is 0 Å². The Morgan fingerprint density at radius 1 is 1.57 bits per heavy atom. The lowest BCUT2D eigenvalue weighted by Gasteiger charge is -1.83. The van der Waals surface area contributed by atoms with Gasteiger partial charge in [0, 0.05) is 0 Å². The van der Waals surface area contributed by atoms with Crippen LogP contribution in [-0.4, -0.2) is 0 Å². The van der Waals surface area contributed by atoms with Crippen LogP contribution >= 0.6 is 9.24 Å². The Bertz CT molecular complexity index is 48.1. The summed E-state index contributed by atoms with van der Waals surface area (Å²) in [5.41, 5.74) is 0. The molecular formula is C6H13P. The van der Waals surface area contributed by atoms with Gasteiger partial charge >= 0.3 is 0 Å². The summed E-state index contributed by atoms with van der Waals surface area (Å²) in [7, 11) is 2.57. The summed E-state index contributed by atoms with van der Waals surface area (Å²) >= 11 is 0. The monoisotopic (exact) mass is 116 g/mol. The van der Waals surface area contributed by atoms with Gasteiger partial charge in [-0.2, -0.15) is 0 Å². The van der Waals surface area contributed by atoms with Gasteiger partial charge in [-0.3, -0.25) is 0 Å². The Balaban J connectivity index is 2.69. The molecule has 0 heterocycles. The molecule has 42 valence electrons. The molecule has 1 unspecified atom stereocenters. The van der Waals surface area contributed by atoms with Gasteiger partial charge in [-0.05, 0) is 6.42 Å². The van der Waals surface area contributed by atoms with E-state index in [0.29, 0.717) is 0 Å². The molecule has 0 aliphatic heterocycles. The van der Waals surface area contributed by atoms with Crippen LogP contribution in [0.2, 0.25) is 0 Å². The van der Waals surface area contributed by atoms with E-state index in [4.69, 9.17) is 0 Å². The van der Waals surface area contributed by atoms with Crippen molar-refractivity contribution < 1.29 is 0 Å².